The van der Waals surface area contributed by atoms with Gasteiger partial charge in [0.2, 0.25) is 5.89 Å². The molecule has 0 radical (unpaired) electrons. The van der Waals surface area contributed by atoms with Gasteiger partial charge >= 0.3 is 0 Å². The minimum absolute atomic E-state index is 0.0359. The Bertz CT molecular complexity index is 1660. The fraction of sp³-hybridized carbons (Fsp3) is 0.107. The Balaban J connectivity index is 1.33. The third kappa shape index (κ3) is 4.46. The van der Waals surface area contributed by atoms with E-state index in [4.69, 9.17) is 21.4 Å². The Labute approximate surface area is 212 Å². The number of aromatic nitrogens is 1. The molecule has 8 heteroatoms. The zero-order chi connectivity index (χ0) is 25.4. The second kappa shape index (κ2) is 9.31. The average molecular weight is 498 g/mol. The summed E-state index contributed by atoms with van der Waals surface area (Å²) < 4.78 is 11.3. The highest BCUT2D eigenvalue weighted by Gasteiger charge is 2.17. The molecule has 0 saturated heterocycles. The van der Waals surface area contributed by atoms with E-state index in [1.54, 1.807) is 18.2 Å². The molecule has 1 heterocycles. The van der Waals surface area contributed by atoms with Crippen LogP contribution in [0.1, 0.15) is 21.5 Å². The highest BCUT2D eigenvalue weighted by atomic mass is 32.1. The molecule has 0 bridgehead atoms. The largest absolute Gasteiger partial charge is 0.507 e. The smallest absolute Gasteiger partial charge is 0.261 e. The predicted octanol–water partition coefficient (Wildman–Crippen LogP) is 6.11. The summed E-state index contributed by atoms with van der Waals surface area (Å²) in [6.45, 7) is 3.95. The molecule has 5 aromatic rings. The number of hydrogen-bond donors (Lipinski definition) is 3. The van der Waals surface area contributed by atoms with E-state index in [2.05, 4.69) is 15.6 Å². The number of amides is 1. The van der Waals surface area contributed by atoms with Gasteiger partial charge in [-0.05, 0) is 78.3 Å². The van der Waals surface area contributed by atoms with Crippen LogP contribution in [-0.4, -0.2) is 28.2 Å². The van der Waals surface area contributed by atoms with E-state index in [1.165, 1.54) is 13.2 Å². The number of oxazole rings is 1. The number of nitrogens with one attached hydrogen (secondary N) is 2. The van der Waals surface area contributed by atoms with E-state index >= 15 is 0 Å². The van der Waals surface area contributed by atoms with E-state index in [1.807, 2.05) is 56.3 Å². The zero-order valence-electron chi connectivity index (χ0n) is 19.9. The average Bonchev–Trinajstić information content (AvgIpc) is 3.27. The predicted molar refractivity (Wildman–Crippen MR) is 145 cm³/mol. The van der Waals surface area contributed by atoms with Gasteiger partial charge in [0.15, 0.2) is 10.7 Å². The number of carbonyl (C=O) groups excluding carboxylic acids is 1. The molecule has 0 aliphatic rings. The fourth-order valence-electron chi connectivity index (χ4n) is 4.18. The van der Waals surface area contributed by atoms with Crippen LogP contribution in [0.5, 0.6) is 11.5 Å². The van der Waals surface area contributed by atoms with E-state index in [9.17, 15) is 9.90 Å². The number of thiocarbonyl (C=S) groups is 1. The van der Waals surface area contributed by atoms with Gasteiger partial charge in [0.25, 0.3) is 5.91 Å². The summed E-state index contributed by atoms with van der Waals surface area (Å²) in [5.74, 6) is 0.320. The molecule has 0 aliphatic carbocycles. The normalized spacial score (nSPS) is 11.0. The van der Waals surface area contributed by atoms with E-state index in [0.717, 1.165) is 27.4 Å². The Hall–Kier alpha value is -4.43. The maximum absolute atomic E-state index is 12.9. The van der Waals surface area contributed by atoms with Crippen molar-refractivity contribution in [2.24, 2.45) is 0 Å². The molecule has 5 rings (SSSR count). The van der Waals surface area contributed by atoms with E-state index in [0.29, 0.717) is 34.0 Å². The van der Waals surface area contributed by atoms with Gasteiger partial charge in [-0.15, -0.1) is 0 Å². The number of nitrogens with zero attached hydrogens (tertiary/aromatic N) is 1. The second-order valence-corrected chi connectivity index (χ2v) is 8.90. The first-order valence-electron chi connectivity index (χ1n) is 11.2. The van der Waals surface area contributed by atoms with Crippen molar-refractivity contribution in [1.82, 2.24) is 10.3 Å². The van der Waals surface area contributed by atoms with Gasteiger partial charge in [-0.2, -0.15) is 0 Å². The van der Waals surface area contributed by atoms with Crippen LogP contribution >= 0.6 is 12.2 Å². The van der Waals surface area contributed by atoms with Crippen LogP contribution in [-0.2, 0) is 0 Å². The second-order valence-electron chi connectivity index (χ2n) is 8.49. The molecule has 0 saturated carbocycles. The monoisotopic (exact) mass is 497 g/mol. The molecule has 7 nitrogen and oxygen atoms in total. The number of aryl methyl sites for hydroxylation is 2. The number of benzene rings is 4. The van der Waals surface area contributed by atoms with Gasteiger partial charge in [0.05, 0.1) is 18.2 Å². The van der Waals surface area contributed by atoms with Crippen LogP contribution < -0.4 is 15.4 Å². The number of fused-ring (bicyclic) bond motifs is 2. The number of ether oxygens (including phenoxy) is 1. The first-order valence-corrected chi connectivity index (χ1v) is 11.6. The lowest BCUT2D eigenvalue weighted by molar-refractivity contribution is 0.0975. The molecular formula is C28H23N3O4S. The van der Waals surface area contributed by atoms with Crippen molar-refractivity contribution < 1.29 is 19.1 Å². The summed E-state index contributed by atoms with van der Waals surface area (Å²) in [4.78, 5) is 17.4. The highest BCUT2D eigenvalue weighted by molar-refractivity contribution is 7.80. The van der Waals surface area contributed by atoms with Crippen LogP contribution in [0.3, 0.4) is 0 Å². The molecule has 180 valence electrons. The number of aromatic hydroxyl groups is 1. The number of phenols is 1. The van der Waals surface area contributed by atoms with Crippen LogP contribution in [0.25, 0.3) is 33.3 Å². The quantitative estimate of drug-likeness (QED) is 0.258. The number of anilines is 1. The Kier molecular flexibility index (Phi) is 6.03. The molecule has 36 heavy (non-hydrogen) atoms. The minimum Gasteiger partial charge on any atom is -0.507 e. The lowest BCUT2D eigenvalue weighted by Gasteiger charge is -2.13. The topological polar surface area (TPSA) is 96.6 Å². The summed E-state index contributed by atoms with van der Waals surface area (Å²) in [6, 6.07) is 20.1. The lowest BCUT2D eigenvalue weighted by Crippen LogP contribution is -2.34. The van der Waals surface area contributed by atoms with Crippen molar-refractivity contribution in [3.8, 4) is 23.0 Å². The lowest BCUT2D eigenvalue weighted by atomic mass is 10.1. The molecule has 3 N–H and O–H groups in total. The third-order valence-electron chi connectivity index (χ3n) is 5.85. The maximum atomic E-state index is 12.9. The van der Waals surface area contributed by atoms with Crippen molar-refractivity contribution in [2.45, 2.75) is 13.8 Å². The summed E-state index contributed by atoms with van der Waals surface area (Å²) in [5, 5.41) is 18.2. The minimum atomic E-state index is -0.409. The van der Waals surface area contributed by atoms with Crippen molar-refractivity contribution in [1.29, 1.82) is 0 Å². The first kappa shape index (κ1) is 23.3. The number of methoxy groups -OCH3 is 1. The number of rotatable bonds is 4. The summed E-state index contributed by atoms with van der Waals surface area (Å²) >= 11 is 5.33. The molecule has 0 unspecified atom stereocenters. The highest BCUT2D eigenvalue weighted by Crippen LogP contribution is 2.34. The standard InChI is InChI=1S/C28H23N3O4S/c1-15-10-16(2)25-22(11-15)30-27(35-25)20-9-8-19(14-23(20)32)29-28(36)31-26(33)21-12-17-6-4-5-7-18(17)13-24(21)34-3/h4-14,32H,1-3H3,(H2,29,31,33,36). The molecule has 0 fully saturated rings. The van der Waals surface area contributed by atoms with Crippen LogP contribution in [0, 0.1) is 13.8 Å². The molecule has 4 aromatic carbocycles. The third-order valence-corrected chi connectivity index (χ3v) is 6.05. The fourth-order valence-corrected chi connectivity index (χ4v) is 4.39. The number of phenolic OH excluding ortho intramolecular Hbond substituents is 1. The molecule has 1 amide bonds. The van der Waals surface area contributed by atoms with Crippen molar-refractivity contribution in [3.63, 3.8) is 0 Å². The van der Waals surface area contributed by atoms with Gasteiger partial charge in [-0.25, -0.2) is 4.98 Å². The Morgan fingerprint density at radius 1 is 1.03 bits per heavy atom. The van der Waals surface area contributed by atoms with Gasteiger partial charge < -0.3 is 19.6 Å². The number of hydrogen-bond acceptors (Lipinski definition) is 6. The van der Waals surface area contributed by atoms with Gasteiger partial charge in [-0.1, -0.05) is 30.3 Å². The first-order chi connectivity index (χ1) is 17.3. The Morgan fingerprint density at radius 2 is 1.78 bits per heavy atom. The summed E-state index contributed by atoms with van der Waals surface area (Å²) in [5.41, 5.74) is 4.79. The SMILES string of the molecule is COc1cc2ccccc2cc1C(=O)NC(=S)Nc1ccc(-c2nc3cc(C)cc(C)c3o2)c(O)c1. The van der Waals surface area contributed by atoms with E-state index in [-0.39, 0.29) is 10.9 Å². The van der Waals surface area contributed by atoms with Crippen molar-refractivity contribution >= 4 is 50.8 Å². The summed E-state index contributed by atoms with van der Waals surface area (Å²) in [7, 11) is 1.52. The van der Waals surface area contributed by atoms with Gasteiger partial charge in [-0.3, -0.25) is 10.1 Å². The maximum Gasteiger partial charge on any atom is 0.261 e. The van der Waals surface area contributed by atoms with Crippen LogP contribution in [0.4, 0.5) is 5.69 Å². The molecule has 0 atom stereocenters. The Morgan fingerprint density at radius 3 is 2.50 bits per heavy atom. The van der Waals surface area contributed by atoms with Crippen molar-refractivity contribution in [2.75, 3.05) is 12.4 Å². The molecule has 0 aliphatic heterocycles. The van der Waals surface area contributed by atoms with Crippen LogP contribution in [0.15, 0.2) is 71.1 Å². The molecule has 0 spiro atoms. The van der Waals surface area contributed by atoms with Crippen LogP contribution in [0.2, 0.25) is 0 Å². The molecule has 1 aromatic heterocycles. The van der Waals surface area contributed by atoms with E-state index < -0.39 is 5.91 Å². The molecular weight excluding hydrogens is 474 g/mol. The van der Waals surface area contributed by atoms with Gasteiger partial charge in [0.1, 0.15) is 17.0 Å². The number of carbonyl (C=O) groups is 1. The summed E-state index contributed by atoms with van der Waals surface area (Å²) in [6.07, 6.45) is 0. The van der Waals surface area contributed by atoms with Crippen molar-refractivity contribution in [3.05, 3.63) is 83.4 Å². The van der Waals surface area contributed by atoms with Gasteiger partial charge in [0, 0.05) is 11.8 Å². The zero-order valence-corrected chi connectivity index (χ0v) is 20.7.